The first-order chi connectivity index (χ1) is 11.7. The van der Waals surface area contributed by atoms with Gasteiger partial charge in [-0.3, -0.25) is 9.59 Å². The Balaban J connectivity index is 1.51. The molecule has 1 aliphatic carbocycles. The van der Waals surface area contributed by atoms with Crippen molar-refractivity contribution in [3.63, 3.8) is 0 Å². The summed E-state index contributed by atoms with van der Waals surface area (Å²) in [5.41, 5.74) is 0.332. The predicted molar refractivity (Wildman–Crippen MR) is 89.1 cm³/mol. The fraction of sp³-hybridized carbons (Fsp3) is 0.556. The van der Waals surface area contributed by atoms with Crippen LogP contribution in [0, 0.1) is 11.3 Å². The number of hydrogen-bond acceptors (Lipinski definition) is 4. The third kappa shape index (κ3) is 2.50. The van der Waals surface area contributed by atoms with Crippen molar-refractivity contribution >= 4 is 17.5 Å². The SMILES string of the molecule is O=C(C1CC=CC1)N1CCC[C@]2(CCN(c3cncnc3)C2=O)C1. The first-order valence-electron chi connectivity index (χ1n) is 8.70. The van der Waals surface area contributed by atoms with E-state index in [1.54, 1.807) is 17.3 Å². The average molecular weight is 326 g/mol. The highest BCUT2D eigenvalue weighted by Crippen LogP contribution is 2.42. The van der Waals surface area contributed by atoms with Crippen LogP contribution in [0.1, 0.15) is 32.1 Å². The van der Waals surface area contributed by atoms with Crippen molar-refractivity contribution in [3.05, 3.63) is 30.9 Å². The largest absolute Gasteiger partial charge is 0.341 e. The summed E-state index contributed by atoms with van der Waals surface area (Å²) in [6, 6.07) is 0. The minimum Gasteiger partial charge on any atom is -0.341 e. The highest BCUT2D eigenvalue weighted by molar-refractivity contribution is 6.00. The molecule has 0 bridgehead atoms. The molecule has 6 heteroatoms. The van der Waals surface area contributed by atoms with E-state index in [-0.39, 0.29) is 17.7 Å². The Morgan fingerprint density at radius 1 is 1.12 bits per heavy atom. The summed E-state index contributed by atoms with van der Waals surface area (Å²) < 4.78 is 0. The van der Waals surface area contributed by atoms with E-state index in [9.17, 15) is 9.59 Å². The molecule has 1 aromatic rings. The Morgan fingerprint density at radius 3 is 2.62 bits per heavy atom. The zero-order chi connectivity index (χ0) is 16.6. The molecular weight excluding hydrogens is 304 g/mol. The highest BCUT2D eigenvalue weighted by atomic mass is 16.2. The first kappa shape index (κ1) is 15.3. The molecule has 0 aromatic carbocycles. The van der Waals surface area contributed by atoms with Crippen LogP contribution in [-0.2, 0) is 9.59 Å². The Bertz CT molecular complexity index is 667. The Kier molecular flexibility index (Phi) is 3.82. The lowest BCUT2D eigenvalue weighted by Gasteiger charge is -2.40. The van der Waals surface area contributed by atoms with Gasteiger partial charge in [0.2, 0.25) is 11.8 Å². The third-order valence-corrected chi connectivity index (χ3v) is 5.62. The second-order valence-corrected chi connectivity index (χ2v) is 7.09. The van der Waals surface area contributed by atoms with Crippen LogP contribution in [-0.4, -0.2) is 46.3 Å². The van der Waals surface area contributed by atoms with E-state index >= 15 is 0 Å². The van der Waals surface area contributed by atoms with Crippen molar-refractivity contribution in [2.75, 3.05) is 24.5 Å². The first-order valence-corrected chi connectivity index (χ1v) is 8.70. The molecule has 0 saturated carbocycles. The zero-order valence-electron chi connectivity index (χ0n) is 13.7. The molecule has 0 radical (unpaired) electrons. The molecule has 2 aliphatic heterocycles. The van der Waals surface area contributed by atoms with E-state index in [1.165, 1.54) is 6.33 Å². The van der Waals surface area contributed by atoms with Crippen molar-refractivity contribution in [2.24, 2.45) is 11.3 Å². The number of carbonyl (C=O) groups is 2. The van der Waals surface area contributed by atoms with Gasteiger partial charge in [0.05, 0.1) is 23.5 Å². The van der Waals surface area contributed by atoms with Gasteiger partial charge in [0.25, 0.3) is 0 Å². The normalized spacial score (nSPS) is 27.4. The maximum atomic E-state index is 13.1. The molecule has 0 N–H and O–H groups in total. The van der Waals surface area contributed by atoms with Crippen LogP contribution in [0.5, 0.6) is 0 Å². The third-order valence-electron chi connectivity index (χ3n) is 5.62. The van der Waals surface area contributed by atoms with Gasteiger partial charge in [-0.2, -0.15) is 0 Å². The van der Waals surface area contributed by atoms with Crippen molar-refractivity contribution in [2.45, 2.75) is 32.1 Å². The summed E-state index contributed by atoms with van der Waals surface area (Å²) in [6.07, 6.45) is 13.2. The van der Waals surface area contributed by atoms with E-state index in [2.05, 4.69) is 22.1 Å². The molecule has 2 fully saturated rings. The van der Waals surface area contributed by atoms with E-state index < -0.39 is 5.41 Å². The summed E-state index contributed by atoms with van der Waals surface area (Å²) in [5, 5.41) is 0. The molecule has 3 aliphatic rings. The molecular formula is C18H22N4O2. The molecule has 4 rings (SSSR count). The molecule has 1 aromatic heterocycles. The Hall–Kier alpha value is -2.24. The van der Waals surface area contributed by atoms with Gasteiger partial charge < -0.3 is 9.80 Å². The number of anilines is 1. The molecule has 3 heterocycles. The minimum atomic E-state index is -0.421. The highest BCUT2D eigenvalue weighted by Gasteiger charge is 2.50. The molecule has 1 spiro atoms. The quantitative estimate of drug-likeness (QED) is 0.777. The number of nitrogens with zero attached hydrogens (tertiary/aromatic N) is 4. The lowest BCUT2D eigenvalue weighted by Crippen LogP contribution is -2.51. The maximum Gasteiger partial charge on any atom is 0.235 e. The summed E-state index contributed by atoms with van der Waals surface area (Å²) >= 11 is 0. The number of piperidine rings is 1. The molecule has 1 atom stereocenters. The van der Waals surface area contributed by atoms with Crippen LogP contribution in [0.4, 0.5) is 5.69 Å². The number of hydrogen-bond donors (Lipinski definition) is 0. The van der Waals surface area contributed by atoms with Crippen molar-refractivity contribution < 1.29 is 9.59 Å². The van der Waals surface area contributed by atoms with Crippen molar-refractivity contribution in [1.82, 2.24) is 14.9 Å². The number of rotatable bonds is 2. The van der Waals surface area contributed by atoms with Crippen LogP contribution in [0.25, 0.3) is 0 Å². The van der Waals surface area contributed by atoms with Crippen LogP contribution >= 0.6 is 0 Å². The molecule has 6 nitrogen and oxygen atoms in total. The fourth-order valence-corrected chi connectivity index (χ4v) is 4.27. The van der Waals surface area contributed by atoms with Gasteiger partial charge in [-0.25, -0.2) is 9.97 Å². The van der Waals surface area contributed by atoms with Gasteiger partial charge in [-0.1, -0.05) is 12.2 Å². The molecule has 24 heavy (non-hydrogen) atoms. The summed E-state index contributed by atoms with van der Waals surface area (Å²) in [7, 11) is 0. The van der Waals surface area contributed by atoms with Gasteiger partial charge in [0.15, 0.2) is 0 Å². The predicted octanol–water partition coefficient (Wildman–Crippen LogP) is 1.79. The number of amides is 2. The topological polar surface area (TPSA) is 66.4 Å². The summed E-state index contributed by atoms with van der Waals surface area (Å²) in [5.74, 6) is 0.419. The lowest BCUT2D eigenvalue weighted by atomic mass is 9.78. The number of likely N-dealkylation sites (tertiary alicyclic amines) is 1. The minimum absolute atomic E-state index is 0.0790. The van der Waals surface area contributed by atoms with E-state index in [0.717, 1.165) is 44.3 Å². The number of allylic oxidation sites excluding steroid dienone is 2. The molecule has 126 valence electrons. The maximum absolute atomic E-state index is 13.1. The summed E-state index contributed by atoms with van der Waals surface area (Å²) in [6.45, 7) is 2.02. The van der Waals surface area contributed by atoms with E-state index in [0.29, 0.717) is 13.1 Å². The van der Waals surface area contributed by atoms with Crippen LogP contribution < -0.4 is 4.90 Å². The second kappa shape index (κ2) is 6.00. The van der Waals surface area contributed by atoms with Crippen LogP contribution in [0.15, 0.2) is 30.9 Å². The van der Waals surface area contributed by atoms with Gasteiger partial charge in [-0.15, -0.1) is 0 Å². The van der Waals surface area contributed by atoms with Crippen LogP contribution in [0.2, 0.25) is 0 Å². The van der Waals surface area contributed by atoms with Gasteiger partial charge in [0, 0.05) is 25.6 Å². The average Bonchev–Trinajstić information content (AvgIpc) is 3.26. The Morgan fingerprint density at radius 2 is 1.88 bits per heavy atom. The summed E-state index contributed by atoms with van der Waals surface area (Å²) in [4.78, 5) is 37.6. The van der Waals surface area contributed by atoms with Crippen molar-refractivity contribution in [3.8, 4) is 0 Å². The lowest BCUT2D eigenvalue weighted by molar-refractivity contribution is -0.141. The zero-order valence-corrected chi connectivity index (χ0v) is 13.7. The van der Waals surface area contributed by atoms with Gasteiger partial charge >= 0.3 is 0 Å². The van der Waals surface area contributed by atoms with Crippen molar-refractivity contribution in [1.29, 1.82) is 0 Å². The molecule has 2 amide bonds. The molecule has 2 saturated heterocycles. The van der Waals surface area contributed by atoms with E-state index in [4.69, 9.17) is 0 Å². The number of aromatic nitrogens is 2. The fourth-order valence-electron chi connectivity index (χ4n) is 4.27. The van der Waals surface area contributed by atoms with E-state index in [1.807, 2.05) is 4.90 Å². The second-order valence-electron chi connectivity index (χ2n) is 7.09. The Labute approximate surface area is 141 Å². The van der Waals surface area contributed by atoms with Crippen LogP contribution in [0.3, 0.4) is 0 Å². The monoisotopic (exact) mass is 326 g/mol. The smallest absolute Gasteiger partial charge is 0.235 e. The standard InChI is InChI=1S/C18H22N4O2/c23-16(14-4-1-2-5-14)21-8-3-6-18(12-21)7-9-22(17(18)24)15-10-19-13-20-11-15/h1-2,10-11,13-14H,3-9,12H2/t18-/m0/s1. The number of carbonyl (C=O) groups excluding carboxylic acids is 2. The van der Waals surface area contributed by atoms with Gasteiger partial charge in [0.1, 0.15) is 6.33 Å². The van der Waals surface area contributed by atoms with Gasteiger partial charge in [-0.05, 0) is 32.1 Å². The molecule has 0 unspecified atom stereocenters.